The number of ether oxygens (including phenoxy) is 2. The van der Waals surface area contributed by atoms with Gasteiger partial charge in [-0.05, 0) is 73.7 Å². The molecule has 0 fully saturated rings. The average molecular weight is 666 g/mol. The largest absolute Gasteiger partial charge is 0.497 e. The fourth-order valence-corrected chi connectivity index (χ4v) is 7.18. The van der Waals surface area contributed by atoms with Gasteiger partial charge in [0.1, 0.15) is 17.6 Å². The minimum Gasteiger partial charge on any atom is -0.497 e. The molecule has 0 bridgehead atoms. The maximum atomic E-state index is 13.5. The topological polar surface area (TPSA) is 143 Å². The zero-order chi connectivity index (χ0) is 32.2. The van der Waals surface area contributed by atoms with Gasteiger partial charge in [-0.25, -0.2) is 16.8 Å². The van der Waals surface area contributed by atoms with E-state index in [0.29, 0.717) is 22.1 Å². The number of anilines is 1. The first-order valence-corrected chi connectivity index (χ1v) is 17.1. The predicted molar refractivity (Wildman–Crippen MR) is 167 cm³/mol. The molecule has 3 atom stereocenters. The van der Waals surface area contributed by atoms with Gasteiger partial charge in [-0.3, -0.25) is 9.52 Å². The number of sulfonamides is 2. The van der Waals surface area contributed by atoms with Gasteiger partial charge < -0.3 is 19.5 Å². The first kappa shape index (κ1) is 33.5. The van der Waals surface area contributed by atoms with Crippen molar-refractivity contribution >= 4 is 43.2 Å². The van der Waals surface area contributed by atoms with Gasteiger partial charge in [0, 0.05) is 35.8 Å². The quantitative estimate of drug-likeness (QED) is 0.335. The number of nitrogens with zero attached hydrogens (tertiary/aromatic N) is 2. The molecule has 1 heterocycles. The number of carbonyl (C=O) groups is 1. The summed E-state index contributed by atoms with van der Waals surface area (Å²) in [6, 6.07) is 15.8. The number of nitrogens with one attached hydrogen (secondary N) is 1. The molecule has 4 rings (SSSR count). The number of rotatable bonds is 10. The molecule has 44 heavy (non-hydrogen) atoms. The number of benzene rings is 3. The molecular formula is C30H36ClN3O8S2. The first-order valence-electron chi connectivity index (χ1n) is 13.8. The third-order valence-electron chi connectivity index (χ3n) is 7.50. The van der Waals surface area contributed by atoms with Crippen molar-refractivity contribution in [2.24, 2.45) is 5.92 Å². The number of hydrogen-bond donors (Lipinski definition) is 2. The van der Waals surface area contributed by atoms with Gasteiger partial charge in [-0.2, -0.15) is 4.31 Å². The van der Waals surface area contributed by atoms with Crippen molar-refractivity contribution in [3.63, 3.8) is 0 Å². The molecular weight excluding hydrogens is 630 g/mol. The Morgan fingerprint density at radius 2 is 1.70 bits per heavy atom. The van der Waals surface area contributed by atoms with E-state index < -0.39 is 32.2 Å². The van der Waals surface area contributed by atoms with E-state index in [0.717, 1.165) is 0 Å². The monoisotopic (exact) mass is 665 g/mol. The number of halogens is 1. The van der Waals surface area contributed by atoms with Gasteiger partial charge in [0.25, 0.3) is 10.0 Å². The van der Waals surface area contributed by atoms with Crippen LogP contribution in [-0.2, 0) is 31.3 Å². The number of hydrogen-bond acceptors (Lipinski definition) is 8. The van der Waals surface area contributed by atoms with E-state index in [9.17, 15) is 26.7 Å². The van der Waals surface area contributed by atoms with E-state index in [2.05, 4.69) is 4.72 Å². The van der Waals surface area contributed by atoms with Crippen LogP contribution in [0.3, 0.4) is 0 Å². The summed E-state index contributed by atoms with van der Waals surface area (Å²) in [4.78, 5) is 15.1. The highest BCUT2D eigenvalue weighted by Crippen LogP contribution is 2.31. The molecule has 3 aromatic rings. The number of likely N-dealkylation sites (N-methyl/N-ethyl adjacent to an activating group) is 1. The molecule has 0 radical (unpaired) electrons. The second-order valence-electron chi connectivity index (χ2n) is 10.7. The van der Waals surface area contributed by atoms with E-state index >= 15 is 0 Å². The SMILES string of the molecule is COc1ccc(S(=O)(=O)N(C)C[C@@H]2Oc3ccc(NS(=O)(=O)c4ccc(Cl)cc4)cc3CC(=O)N([C@H](C)CO)C[C@@H]2C)cc1. The maximum absolute atomic E-state index is 13.5. The van der Waals surface area contributed by atoms with Crippen molar-refractivity contribution in [1.82, 2.24) is 9.21 Å². The third-order valence-corrected chi connectivity index (χ3v) is 11.0. The molecule has 2 N–H and O–H groups in total. The van der Waals surface area contributed by atoms with Crippen LogP contribution in [0, 0.1) is 5.92 Å². The summed E-state index contributed by atoms with van der Waals surface area (Å²) in [5.41, 5.74) is 0.612. The standard InChI is InChI=1S/C30H36ClN3O8S2/c1-20-17-34(21(2)19-35)30(36)16-22-15-24(32-43(37,38)26-10-5-23(31)6-11-26)7-14-28(22)42-29(20)18-33(3)44(39,40)27-12-8-25(41-4)9-13-27/h5-15,20-21,29,32,35H,16-19H2,1-4H3/t20-,21+,29-/m0/s1. The van der Waals surface area contributed by atoms with Gasteiger partial charge in [0.2, 0.25) is 15.9 Å². The lowest BCUT2D eigenvalue weighted by Gasteiger charge is -2.33. The summed E-state index contributed by atoms with van der Waals surface area (Å²) in [7, 11) is -4.92. The molecule has 0 spiro atoms. The van der Waals surface area contributed by atoms with Crippen LogP contribution in [0.2, 0.25) is 5.02 Å². The summed E-state index contributed by atoms with van der Waals surface area (Å²) in [6.07, 6.45) is -0.835. The molecule has 1 aliphatic rings. The fourth-order valence-electron chi connectivity index (χ4n) is 4.82. The molecule has 0 saturated carbocycles. The lowest BCUT2D eigenvalue weighted by Crippen LogP contribution is -2.48. The Kier molecular flexibility index (Phi) is 10.5. The normalized spacial score (nSPS) is 18.4. The van der Waals surface area contributed by atoms with Gasteiger partial charge in [0.05, 0.1) is 42.5 Å². The van der Waals surface area contributed by atoms with Crippen molar-refractivity contribution in [2.75, 3.05) is 38.6 Å². The predicted octanol–water partition coefficient (Wildman–Crippen LogP) is 3.62. The van der Waals surface area contributed by atoms with Gasteiger partial charge in [-0.15, -0.1) is 0 Å². The number of aliphatic hydroxyl groups excluding tert-OH is 1. The molecule has 0 saturated heterocycles. The van der Waals surface area contributed by atoms with Crippen LogP contribution in [0.4, 0.5) is 5.69 Å². The summed E-state index contributed by atoms with van der Waals surface area (Å²) >= 11 is 5.90. The molecule has 238 valence electrons. The molecule has 0 aromatic heterocycles. The van der Waals surface area contributed by atoms with Crippen LogP contribution >= 0.6 is 11.6 Å². The first-order chi connectivity index (χ1) is 20.7. The number of carbonyl (C=O) groups excluding carboxylic acids is 1. The van der Waals surface area contributed by atoms with Crippen molar-refractivity contribution < 1.29 is 36.2 Å². The Hall–Kier alpha value is -3.36. The Balaban J connectivity index is 1.67. The summed E-state index contributed by atoms with van der Waals surface area (Å²) in [5, 5.41) is 10.3. The molecule has 11 nitrogen and oxygen atoms in total. The zero-order valence-corrected chi connectivity index (χ0v) is 27.2. The highest BCUT2D eigenvalue weighted by molar-refractivity contribution is 7.92. The third kappa shape index (κ3) is 7.64. The Bertz CT molecular complexity index is 1680. The van der Waals surface area contributed by atoms with E-state index in [1.54, 1.807) is 30.0 Å². The summed E-state index contributed by atoms with van der Waals surface area (Å²) in [5.74, 6) is 0.198. The smallest absolute Gasteiger partial charge is 0.261 e. The maximum Gasteiger partial charge on any atom is 0.261 e. The van der Waals surface area contributed by atoms with Crippen LogP contribution in [-0.4, -0.2) is 83.1 Å². The zero-order valence-electron chi connectivity index (χ0n) is 24.8. The van der Waals surface area contributed by atoms with E-state index in [-0.39, 0.29) is 53.4 Å². The average Bonchev–Trinajstić information content (AvgIpc) is 3.04. The Morgan fingerprint density at radius 1 is 1.07 bits per heavy atom. The lowest BCUT2D eigenvalue weighted by molar-refractivity contribution is -0.134. The highest BCUT2D eigenvalue weighted by Gasteiger charge is 2.33. The van der Waals surface area contributed by atoms with E-state index in [1.807, 2.05) is 6.92 Å². The molecule has 1 amide bonds. The van der Waals surface area contributed by atoms with Gasteiger partial charge in [0.15, 0.2) is 0 Å². The molecule has 3 aromatic carbocycles. The van der Waals surface area contributed by atoms with Crippen molar-refractivity contribution in [1.29, 1.82) is 0 Å². The summed E-state index contributed by atoms with van der Waals surface area (Å²) in [6.45, 7) is 3.45. The number of fused-ring (bicyclic) bond motifs is 1. The van der Waals surface area contributed by atoms with E-state index in [4.69, 9.17) is 21.1 Å². The number of amides is 1. The Morgan fingerprint density at radius 3 is 2.32 bits per heavy atom. The van der Waals surface area contributed by atoms with Crippen molar-refractivity contribution in [3.05, 3.63) is 77.3 Å². The number of methoxy groups -OCH3 is 1. The molecule has 1 aliphatic heterocycles. The second-order valence-corrected chi connectivity index (χ2v) is 14.9. The van der Waals surface area contributed by atoms with Gasteiger partial charge in [-0.1, -0.05) is 18.5 Å². The molecule has 14 heteroatoms. The Labute approximate surface area is 263 Å². The second kappa shape index (κ2) is 13.7. The fraction of sp³-hybridized carbons (Fsp3) is 0.367. The lowest BCUT2D eigenvalue weighted by atomic mass is 10.0. The van der Waals surface area contributed by atoms with Crippen molar-refractivity contribution in [2.45, 2.75) is 42.2 Å². The van der Waals surface area contributed by atoms with Crippen LogP contribution in [0.5, 0.6) is 11.5 Å². The minimum atomic E-state index is -3.96. The number of aliphatic hydroxyl groups is 1. The van der Waals surface area contributed by atoms with Crippen LogP contribution < -0.4 is 14.2 Å². The van der Waals surface area contributed by atoms with Crippen LogP contribution in [0.15, 0.2) is 76.5 Å². The highest BCUT2D eigenvalue weighted by atomic mass is 35.5. The van der Waals surface area contributed by atoms with Crippen LogP contribution in [0.25, 0.3) is 0 Å². The minimum absolute atomic E-state index is 0.00992. The van der Waals surface area contributed by atoms with E-state index in [1.165, 1.54) is 67.0 Å². The molecule has 0 unspecified atom stereocenters. The molecule has 0 aliphatic carbocycles. The van der Waals surface area contributed by atoms with Crippen molar-refractivity contribution in [3.8, 4) is 11.5 Å². The van der Waals surface area contributed by atoms with Gasteiger partial charge >= 0.3 is 0 Å². The van der Waals surface area contributed by atoms with Crippen LogP contribution in [0.1, 0.15) is 19.4 Å². The summed E-state index contributed by atoms with van der Waals surface area (Å²) < 4.78 is 68.1.